The molecule has 112 valence electrons. The first-order valence-corrected chi connectivity index (χ1v) is 7.13. The molecule has 1 aromatic heterocycles. The molecular weight excluding hydrogens is 258 g/mol. The standard InChI is InChI=1S/C14H23N3O3/c1-4-7-8-11(14(19)20)15-13(18)12-9-10(5-2)16-17(12)6-3/h9,11H,4-8H2,1-3H3,(H,15,18)(H,19,20). The van der Waals surface area contributed by atoms with Gasteiger partial charge in [0.1, 0.15) is 11.7 Å². The third-order valence-corrected chi connectivity index (χ3v) is 3.17. The molecule has 0 fully saturated rings. The lowest BCUT2D eigenvalue weighted by atomic mass is 10.1. The molecule has 1 aromatic rings. The molecule has 0 aliphatic rings. The summed E-state index contributed by atoms with van der Waals surface area (Å²) in [6, 6.07) is 0.880. The van der Waals surface area contributed by atoms with Gasteiger partial charge in [-0.25, -0.2) is 4.79 Å². The zero-order valence-electron chi connectivity index (χ0n) is 12.3. The Labute approximate surface area is 119 Å². The number of carboxylic acids is 1. The van der Waals surface area contributed by atoms with Crippen LogP contribution in [-0.4, -0.2) is 32.8 Å². The van der Waals surface area contributed by atoms with E-state index in [-0.39, 0.29) is 5.91 Å². The third kappa shape index (κ3) is 4.08. The number of carboxylic acid groups (broad SMARTS) is 1. The van der Waals surface area contributed by atoms with Crippen molar-refractivity contribution in [3.05, 3.63) is 17.5 Å². The molecular formula is C14H23N3O3. The highest BCUT2D eigenvalue weighted by Gasteiger charge is 2.22. The molecule has 6 heteroatoms. The van der Waals surface area contributed by atoms with Gasteiger partial charge in [-0.3, -0.25) is 9.48 Å². The molecule has 1 amide bonds. The number of hydrogen-bond donors (Lipinski definition) is 2. The van der Waals surface area contributed by atoms with Gasteiger partial charge >= 0.3 is 5.97 Å². The van der Waals surface area contributed by atoms with Gasteiger partial charge in [0.15, 0.2) is 0 Å². The summed E-state index contributed by atoms with van der Waals surface area (Å²) in [5.41, 5.74) is 1.25. The van der Waals surface area contributed by atoms with Crippen LogP contribution in [0.1, 0.15) is 56.2 Å². The van der Waals surface area contributed by atoms with Crippen LogP contribution >= 0.6 is 0 Å². The fraction of sp³-hybridized carbons (Fsp3) is 0.643. The molecule has 0 spiro atoms. The van der Waals surface area contributed by atoms with E-state index in [0.29, 0.717) is 18.7 Å². The second kappa shape index (κ2) is 7.67. The summed E-state index contributed by atoms with van der Waals surface area (Å²) in [7, 11) is 0. The van der Waals surface area contributed by atoms with Crippen LogP contribution in [-0.2, 0) is 17.8 Å². The minimum Gasteiger partial charge on any atom is -0.480 e. The Balaban J connectivity index is 2.82. The van der Waals surface area contributed by atoms with Gasteiger partial charge < -0.3 is 10.4 Å². The molecule has 0 bridgehead atoms. The van der Waals surface area contributed by atoms with Gasteiger partial charge in [-0.15, -0.1) is 0 Å². The van der Waals surface area contributed by atoms with Gasteiger partial charge in [0.25, 0.3) is 5.91 Å². The predicted molar refractivity (Wildman–Crippen MR) is 75.7 cm³/mol. The van der Waals surface area contributed by atoms with Gasteiger partial charge in [0.05, 0.1) is 5.69 Å². The van der Waals surface area contributed by atoms with E-state index in [4.69, 9.17) is 5.11 Å². The molecule has 0 radical (unpaired) electrons. The lowest BCUT2D eigenvalue weighted by molar-refractivity contribution is -0.139. The Morgan fingerprint density at radius 1 is 1.40 bits per heavy atom. The van der Waals surface area contributed by atoms with E-state index in [9.17, 15) is 9.59 Å². The first-order chi connectivity index (χ1) is 9.53. The molecule has 0 aliphatic carbocycles. The normalized spacial score (nSPS) is 12.2. The van der Waals surface area contributed by atoms with Crippen molar-refractivity contribution in [2.24, 2.45) is 0 Å². The highest BCUT2D eigenvalue weighted by molar-refractivity contribution is 5.95. The molecule has 1 rings (SSSR count). The van der Waals surface area contributed by atoms with Crippen molar-refractivity contribution in [2.75, 3.05) is 0 Å². The summed E-state index contributed by atoms with van der Waals surface area (Å²) in [5.74, 6) is -1.37. The smallest absolute Gasteiger partial charge is 0.326 e. The minimum atomic E-state index is -0.995. The minimum absolute atomic E-state index is 0.373. The van der Waals surface area contributed by atoms with Crippen LogP contribution in [0.25, 0.3) is 0 Å². The highest BCUT2D eigenvalue weighted by atomic mass is 16.4. The van der Waals surface area contributed by atoms with E-state index in [1.165, 1.54) is 0 Å². The molecule has 2 N–H and O–H groups in total. The molecule has 0 saturated carbocycles. The number of hydrogen-bond acceptors (Lipinski definition) is 3. The van der Waals surface area contributed by atoms with Crippen molar-refractivity contribution >= 4 is 11.9 Å². The maximum atomic E-state index is 12.2. The predicted octanol–water partition coefficient (Wildman–Crippen LogP) is 1.84. The van der Waals surface area contributed by atoms with E-state index in [2.05, 4.69) is 10.4 Å². The zero-order chi connectivity index (χ0) is 15.1. The van der Waals surface area contributed by atoms with Gasteiger partial charge in [-0.2, -0.15) is 5.10 Å². The van der Waals surface area contributed by atoms with Crippen molar-refractivity contribution in [1.82, 2.24) is 15.1 Å². The van der Waals surface area contributed by atoms with E-state index in [0.717, 1.165) is 25.0 Å². The van der Waals surface area contributed by atoms with Crippen molar-refractivity contribution in [3.8, 4) is 0 Å². The van der Waals surface area contributed by atoms with Crippen molar-refractivity contribution < 1.29 is 14.7 Å². The number of aryl methyl sites for hydroxylation is 2. The third-order valence-electron chi connectivity index (χ3n) is 3.17. The Morgan fingerprint density at radius 2 is 2.10 bits per heavy atom. The molecule has 1 heterocycles. The average molecular weight is 281 g/mol. The number of nitrogens with one attached hydrogen (secondary N) is 1. The molecule has 20 heavy (non-hydrogen) atoms. The molecule has 6 nitrogen and oxygen atoms in total. The second-order valence-electron chi connectivity index (χ2n) is 4.70. The van der Waals surface area contributed by atoms with Crippen LogP contribution in [0, 0.1) is 0 Å². The fourth-order valence-electron chi connectivity index (χ4n) is 1.96. The first-order valence-electron chi connectivity index (χ1n) is 7.13. The monoisotopic (exact) mass is 281 g/mol. The summed E-state index contributed by atoms with van der Waals surface area (Å²) in [6.45, 7) is 6.43. The lowest BCUT2D eigenvalue weighted by Crippen LogP contribution is -2.41. The molecule has 0 aromatic carbocycles. The maximum absolute atomic E-state index is 12.2. The summed E-state index contributed by atoms with van der Waals surface area (Å²) >= 11 is 0. The summed E-state index contributed by atoms with van der Waals surface area (Å²) < 4.78 is 1.60. The lowest BCUT2D eigenvalue weighted by Gasteiger charge is -2.14. The Hall–Kier alpha value is -1.85. The number of carbonyl (C=O) groups excluding carboxylic acids is 1. The Morgan fingerprint density at radius 3 is 2.60 bits per heavy atom. The Kier molecular flexibility index (Phi) is 6.21. The van der Waals surface area contributed by atoms with Crippen LogP contribution in [0.2, 0.25) is 0 Å². The topological polar surface area (TPSA) is 84.2 Å². The number of aliphatic carboxylic acids is 1. The van der Waals surface area contributed by atoms with Gasteiger partial charge in [-0.05, 0) is 25.8 Å². The van der Waals surface area contributed by atoms with Crippen LogP contribution in [0.15, 0.2) is 6.07 Å². The number of amides is 1. The number of aromatic nitrogens is 2. The van der Waals surface area contributed by atoms with Gasteiger partial charge in [0.2, 0.25) is 0 Å². The quantitative estimate of drug-likeness (QED) is 0.761. The number of nitrogens with zero attached hydrogens (tertiary/aromatic N) is 2. The van der Waals surface area contributed by atoms with Crippen molar-refractivity contribution in [1.29, 1.82) is 0 Å². The largest absolute Gasteiger partial charge is 0.480 e. The summed E-state index contributed by atoms with van der Waals surface area (Å²) in [4.78, 5) is 23.3. The molecule has 0 aliphatic heterocycles. The van der Waals surface area contributed by atoms with Crippen LogP contribution in [0.5, 0.6) is 0 Å². The van der Waals surface area contributed by atoms with E-state index >= 15 is 0 Å². The van der Waals surface area contributed by atoms with Crippen LogP contribution in [0.4, 0.5) is 0 Å². The summed E-state index contributed by atoms with van der Waals surface area (Å²) in [6.07, 6.45) is 2.85. The van der Waals surface area contributed by atoms with Crippen LogP contribution < -0.4 is 5.32 Å². The maximum Gasteiger partial charge on any atom is 0.326 e. The van der Waals surface area contributed by atoms with Gasteiger partial charge in [-0.1, -0.05) is 26.7 Å². The van der Waals surface area contributed by atoms with E-state index < -0.39 is 12.0 Å². The van der Waals surface area contributed by atoms with Crippen molar-refractivity contribution in [2.45, 2.75) is 59.0 Å². The second-order valence-corrected chi connectivity index (χ2v) is 4.70. The molecule has 1 unspecified atom stereocenters. The van der Waals surface area contributed by atoms with Crippen molar-refractivity contribution in [3.63, 3.8) is 0 Å². The van der Waals surface area contributed by atoms with E-state index in [1.807, 2.05) is 20.8 Å². The van der Waals surface area contributed by atoms with E-state index in [1.54, 1.807) is 10.7 Å². The number of carbonyl (C=O) groups is 2. The van der Waals surface area contributed by atoms with Gasteiger partial charge in [0, 0.05) is 6.54 Å². The number of unbranched alkanes of at least 4 members (excludes halogenated alkanes) is 1. The SMILES string of the molecule is CCCCC(NC(=O)c1cc(CC)nn1CC)C(=O)O. The number of rotatable bonds is 8. The highest BCUT2D eigenvalue weighted by Crippen LogP contribution is 2.08. The average Bonchev–Trinajstić information content (AvgIpc) is 2.86. The van der Waals surface area contributed by atoms with Crippen LogP contribution in [0.3, 0.4) is 0 Å². The molecule has 0 saturated heterocycles. The fourth-order valence-corrected chi connectivity index (χ4v) is 1.96. The first kappa shape index (κ1) is 16.2. The zero-order valence-corrected chi connectivity index (χ0v) is 12.3. The summed E-state index contributed by atoms with van der Waals surface area (Å²) in [5, 5.41) is 16.0. The Bertz CT molecular complexity index is 468. The molecule has 1 atom stereocenters.